The summed E-state index contributed by atoms with van der Waals surface area (Å²) in [5, 5.41) is 12.1. The molecule has 2 unspecified atom stereocenters. The van der Waals surface area contributed by atoms with Crippen LogP contribution < -0.4 is 5.73 Å². The van der Waals surface area contributed by atoms with E-state index < -0.39 is 0 Å². The molecule has 0 saturated carbocycles. The maximum absolute atomic E-state index is 8.90. The van der Waals surface area contributed by atoms with Crippen LogP contribution in [0.25, 0.3) is 0 Å². The molecule has 108 valence electrons. The summed E-state index contributed by atoms with van der Waals surface area (Å²) in [6.07, 6.45) is 5.02. The fraction of sp³-hybridized carbons (Fsp3) is 0.312. The Morgan fingerprint density at radius 2 is 2.10 bits per heavy atom. The average molecular weight is 282 g/mol. The predicted octanol–water partition coefficient (Wildman–Crippen LogP) is 2.64. The highest BCUT2D eigenvalue weighted by molar-refractivity contribution is 5.68. The van der Waals surface area contributed by atoms with Gasteiger partial charge in [0.25, 0.3) is 0 Å². The lowest BCUT2D eigenvalue weighted by molar-refractivity contribution is 0.318. The zero-order valence-corrected chi connectivity index (χ0v) is 11.9. The first-order chi connectivity index (χ1) is 10.2. The highest BCUT2D eigenvalue weighted by Crippen LogP contribution is 2.38. The second-order valence-corrected chi connectivity index (χ2v) is 5.55. The Morgan fingerprint density at radius 3 is 2.81 bits per heavy atom. The van der Waals surface area contributed by atoms with Crippen molar-refractivity contribution in [3.05, 3.63) is 52.8 Å². The largest absolute Gasteiger partial charge is 0.411 e. The summed E-state index contributed by atoms with van der Waals surface area (Å²) in [5.74, 6) is 0.652. The van der Waals surface area contributed by atoms with Crippen LogP contribution in [0.2, 0.25) is 0 Å². The third-order valence-electron chi connectivity index (χ3n) is 4.09. The normalized spacial score (nSPS) is 21.4. The SMILES string of the molecule is Cc1ccc(C2Cc3nc(N)ncc3C(C=NO)C2)cc1. The molecule has 2 aromatic rings. The number of aryl methyl sites for hydroxylation is 1. The minimum atomic E-state index is 0.0191. The molecule has 1 aromatic carbocycles. The number of nitrogens with two attached hydrogens (primary N) is 1. The van der Waals surface area contributed by atoms with E-state index in [0.717, 1.165) is 24.1 Å². The Bertz CT molecular complexity index is 666. The van der Waals surface area contributed by atoms with Crippen LogP contribution in [0.3, 0.4) is 0 Å². The zero-order chi connectivity index (χ0) is 14.8. The van der Waals surface area contributed by atoms with E-state index >= 15 is 0 Å². The van der Waals surface area contributed by atoms with Crippen LogP contribution in [0, 0.1) is 6.92 Å². The number of oxime groups is 1. The molecule has 5 nitrogen and oxygen atoms in total. The van der Waals surface area contributed by atoms with Crippen molar-refractivity contribution in [1.29, 1.82) is 0 Å². The maximum Gasteiger partial charge on any atom is 0.220 e. The van der Waals surface area contributed by atoms with Crippen molar-refractivity contribution in [2.45, 2.75) is 31.6 Å². The number of nitrogens with zero attached hydrogens (tertiary/aromatic N) is 3. The van der Waals surface area contributed by atoms with E-state index in [1.54, 1.807) is 12.4 Å². The summed E-state index contributed by atoms with van der Waals surface area (Å²) >= 11 is 0. The Hall–Kier alpha value is -2.43. The summed E-state index contributed by atoms with van der Waals surface area (Å²) in [4.78, 5) is 8.42. The minimum absolute atomic E-state index is 0.0191. The van der Waals surface area contributed by atoms with Crippen LogP contribution >= 0.6 is 0 Å². The van der Waals surface area contributed by atoms with Gasteiger partial charge in [0, 0.05) is 17.7 Å². The Labute approximate surface area is 123 Å². The van der Waals surface area contributed by atoms with Crippen molar-refractivity contribution >= 4 is 12.2 Å². The second kappa shape index (κ2) is 5.52. The second-order valence-electron chi connectivity index (χ2n) is 5.55. The highest BCUT2D eigenvalue weighted by atomic mass is 16.4. The lowest BCUT2D eigenvalue weighted by atomic mass is 9.77. The van der Waals surface area contributed by atoms with Crippen LogP contribution in [0.5, 0.6) is 0 Å². The van der Waals surface area contributed by atoms with Crippen LogP contribution in [0.4, 0.5) is 5.95 Å². The summed E-state index contributed by atoms with van der Waals surface area (Å²) < 4.78 is 0. The monoisotopic (exact) mass is 282 g/mol. The third-order valence-corrected chi connectivity index (χ3v) is 4.09. The van der Waals surface area contributed by atoms with E-state index in [9.17, 15) is 0 Å². The van der Waals surface area contributed by atoms with Gasteiger partial charge in [0.1, 0.15) is 0 Å². The zero-order valence-electron chi connectivity index (χ0n) is 11.9. The van der Waals surface area contributed by atoms with Gasteiger partial charge in [-0.15, -0.1) is 5.16 Å². The van der Waals surface area contributed by atoms with Crippen LogP contribution in [0.15, 0.2) is 35.6 Å². The van der Waals surface area contributed by atoms with Crippen molar-refractivity contribution in [3.63, 3.8) is 0 Å². The quantitative estimate of drug-likeness (QED) is 0.504. The summed E-state index contributed by atoms with van der Waals surface area (Å²) in [7, 11) is 0. The molecule has 0 spiro atoms. The molecular weight excluding hydrogens is 264 g/mol. The standard InChI is InChI=1S/C16H18N4O/c1-10-2-4-11(5-3-10)12-6-13(8-19-21)14-9-18-16(17)20-15(14)7-12/h2-5,8-9,12-13,21H,6-7H2,1H3,(H2,17,18,20). The van der Waals surface area contributed by atoms with Crippen LogP contribution in [0.1, 0.15) is 40.6 Å². The van der Waals surface area contributed by atoms with Crippen LogP contribution in [-0.2, 0) is 6.42 Å². The van der Waals surface area contributed by atoms with Gasteiger partial charge in [0.2, 0.25) is 5.95 Å². The van der Waals surface area contributed by atoms with Gasteiger partial charge < -0.3 is 10.9 Å². The number of hydrogen-bond donors (Lipinski definition) is 2. The summed E-state index contributed by atoms with van der Waals surface area (Å²) in [6, 6.07) is 8.55. The van der Waals surface area contributed by atoms with Gasteiger partial charge in [-0.2, -0.15) is 0 Å². The first-order valence-corrected chi connectivity index (χ1v) is 7.02. The fourth-order valence-electron chi connectivity index (χ4n) is 2.98. The molecule has 1 aliphatic rings. The Kier molecular flexibility index (Phi) is 3.56. The molecule has 3 rings (SSSR count). The van der Waals surface area contributed by atoms with Crippen molar-refractivity contribution < 1.29 is 5.21 Å². The molecule has 0 saturated heterocycles. The van der Waals surface area contributed by atoms with Crippen LogP contribution in [-0.4, -0.2) is 21.4 Å². The van der Waals surface area contributed by atoms with E-state index in [4.69, 9.17) is 10.9 Å². The highest BCUT2D eigenvalue weighted by Gasteiger charge is 2.28. The predicted molar refractivity (Wildman–Crippen MR) is 81.7 cm³/mol. The number of fused-ring (bicyclic) bond motifs is 1. The lowest BCUT2D eigenvalue weighted by Gasteiger charge is -2.28. The summed E-state index contributed by atoms with van der Waals surface area (Å²) in [5.41, 5.74) is 10.2. The number of rotatable bonds is 2. The van der Waals surface area contributed by atoms with Gasteiger partial charge in [-0.05, 0) is 31.2 Å². The Balaban J connectivity index is 1.98. The molecular formula is C16H18N4O. The van der Waals surface area contributed by atoms with E-state index in [-0.39, 0.29) is 11.9 Å². The molecule has 2 atom stereocenters. The fourth-order valence-corrected chi connectivity index (χ4v) is 2.98. The topological polar surface area (TPSA) is 84.4 Å². The van der Waals surface area contributed by atoms with Crippen molar-refractivity contribution in [2.75, 3.05) is 5.73 Å². The molecule has 1 aliphatic carbocycles. The average Bonchev–Trinajstić information content (AvgIpc) is 2.47. The molecule has 0 radical (unpaired) electrons. The number of anilines is 1. The molecule has 1 aromatic heterocycles. The molecule has 0 aliphatic heterocycles. The van der Waals surface area contributed by atoms with E-state index in [0.29, 0.717) is 5.92 Å². The van der Waals surface area contributed by atoms with E-state index in [1.165, 1.54) is 11.1 Å². The number of hydrogen-bond acceptors (Lipinski definition) is 5. The molecule has 0 fully saturated rings. The van der Waals surface area contributed by atoms with Crippen molar-refractivity contribution in [1.82, 2.24) is 9.97 Å². The first kappa shape index (κ1) is 13.5. The van der Waals surface area contributed by atoms with Gasteiger partial charge in [0.05, 0.1) is 11.9 Å². The molecule has 1 heterocycles. The minimum Gasteiger partial charge on any atom is -0.411 e. The lowest BCUT2D eigenvalue weighted by Crippen LogP contribution is -2.21. The number of nitrogen functional groups attached to an aromatic ring is 1. The van der Waals surface area contributed by atoms with E-state index in [2.05, 4.69) is 46.3 Å². The smallest absolute Gasteiger partial charge is 0.220 e. The summed E-state index contributed by atoms with van der Waals surface area (Å²) in [6.45, 7) is 2.08. The van der Waals surface area contributed by atoms with Gasteiger partial charge in [-0.3, -0.25) is 0 Å². The molecule has 5 heteroatoms. The third kappa shape index (κ3) is 2.72. The first-order valence-electron chi connectivity index (χ1n) is 7.02. The number of aromatic nitrogens is 2. The Morgan fingerprint density at radius 1 is 1.33 bits per heavy atom. The molecule has 0 bridgehead atoms. The maximum atomic E-state index is 8.90. The molecule has 3 N–H and O–H groups in total. The van der Waals surface area contributed by atoms with Gasteiger partial charge >= 0.3 is 0 Å². The van der Waals surface area contributed by atoms with Gasteiger partial charge in [-0.25, -0.2) is 9.97 Å². The van der Waals surface area contributed by atoms with Gasteiger partial charge in [-0.1, -0.05) is 29.8 Å². The number of benzene rings is 1. The van der Waals surface area contributed by atoms with E-state index in [1.807, 2.05) is 0 Å². The van der Waals surface area contributed by atoms with Crippen molar-refractivity contribution in [2.24, 2.45) is 5.16 Å². The molecule has 0 amide bonds. The van der Waals surface area contributed by atoms with Gasteiger partial charge in [0.15, 0.2) is 0 Å². The molecule has 21 heavy (non-hydrogen) atoms. The van der Waals surface area contributed by atoms with Crippen molar-refractivity contribution in [3.8, 4) is 0 Å².